The number of benzene rings is 1. The fourth-order valence-corrected chi connectivity index (χ4v) is 2.59. The van der Waals surface area contributed by atoms with Gasteiger partial charge in [-0.2, -0.15) is 13.2 Å². The molecular weight excluding hydrogens is 327 g/mol. The third-order valence-electron chi connectivity index (χ3n) is 3.49. The van der Waals surface area contributed by atoms with Crippen LogP contribution in [0, 0.1) is 0 Å². The molecule has 1 atom stereocenters. The summed E-state index contributed by atoms with van der Waals surface area (Å²) < 4.78 is 39.3. The lowest BCUT2D eigenvalue weighted by molar-refractivity contribution is -0.138. The van der Waals surface area contributed by atoms with Crippen LogP contribution in [0.15, 0.2) is 48.8 Å². The molecule has 2 aromatic heterocycles. The van der Waals surface area contributed by atoms with Gasteiger partial charge >= 0.3 is 6.18 Å². The minimum Gasteiger partial charge on any atom is -0.319 e. The van der Waals surface area contributed by atoms with Crippen molar-refractivity contribution in [1.82, 2.24) is 9.97 Å². The third-order valence-corrected chi connectivity index (χ3v) is 3.82. The summed E-state index contributed by atoms with van der Waals surface area (Å²) in [4.78, 5) is 8.03. The Balaban J connectivity index is 2.11. The zero-order chi connectivity index (χ0) is 16.6. The number of nitrogens with zero attached hydrogens (tertiary/aromatic N) is 2. The lowest BCUT2D eigenvalue weighted by Crippen LogP contribution is -2.20. The first-order chi connectivity index (χ1) is 10.9. The smallest absolute Gasteiger partial charge is 0.319 e. The van der Waals surface area contributed by atoms with Crippen molar-refractivity contribution in [3.8, 4) is 0 Å². The molecule has 2 N–H and O–H groups in total. The van der Waals surface area contributed by atoms with Crippen molar-refractivity contribution >= 4 is 22.5 Å². The maximum atomic E-state index is 13.1. The Bertz CT molecular complexity index is 865. The largest absolute Gasteiger partial charge is 0.418 e. The van der Waals surface area contributed by atoms with E-state index in [4.69, 9.17) is 17.3 Å². The number of aromatic nitrogens is 2. The number of alkyl halides is 3. The lowest BCUT2D eigenvalue weighted by Gasteiger charge is -2.17. The molecule has 3 aromatic rings. The van der Waals surface area contributed by atoms with Crippen LogP contribution in [-0.4, -0.2) is 9.97 Å². The van der Waals surface area contributed by atoms with Crippen LogP contribution in [0.2, 0.25) is 5.02 Å². The van der Waals surface area contributed by atoms with Crippen molar-refractivity contribution in [3.63, 3.8) is 0 Å². The van der Waals surface area contributed by atoms with Crippen LogP contribution >= 0.6 is 11.6 Å². The molecule has 2 heterocycles. The molecule has 0 saturated heterocycles. The fraction of sp³-hybridized carbons (Fsp3) is 0.125. The maximum absolute atomic E-state index is 13.1. The van der Waals surface area contributed by atoms with Crippen LogP contribution in [0.25, 0.3) is 10.9 Å². The second-order valence-corrected chi connectivity index (χ2v) is 5.39. The molecule has 0 aliphatic rings. The highest BCUT2D eigenvalue weighted by atomic mass is 35.5. The summed E-state index contributed by atoms with van der Waals surface area (Å²) >= 11 is 6.11. The first-order valence-electron chi connectivity index (χ1n) is 6.70. The molecule has 118 valence electrons. The van der Waals surface area contributed by atoms with Gasteiger partial charge in [0, 0.05) is 22.8 Å². The van der Waals surface area contributed by atoms with E-state index in [2.05, 4.69) is 9.97 Å². The van der Waals surface area contributed by atoms with Crippen LogP contribution in [0.4, 0.5) is 13.2 Å². The van der Waals surface area contributed by atoms with Gasteiger partial charge in [-0.15, -0.1) is 0 Å². The first-order valence-corrected chi connectivity index (χ1v) is 7.07. The summed E-state index contributed by atoms with van der Waals surface area (Å²) in [6.07, 6.45) is -1.80. The highest BCUT2D eigenvalue weighted by Gasteiger charge is 2.35. The van der Waals surface area contributed by atoms with Crippen molar-refractivity contribution in [2.45, 2.75) is 12.2 Å². The molecule has 0 saturated carbocycles. The van der Waals surface area contributed by atoms with Gasteiger partial charge in [-0.25, -0.2) is 0 Å². The molecule has 0 bridgehead atoms. The van der Waals surface area contributed by atoms with Gasteiger partial charge in [0.2, 0.25) is 0 Å². The Kier molecular flexibility index (Phi) is 3.95. The Hall–Kier alpha value is -2.18. The standard InChI is InChI=1S/C16H11ClF3N3/c17-12-4-1-5-13-10(12)7-9(8-23-13)14(21)15-11(16(18,19)20)3-2-6-22-15/h1-8,14H,21H2/t14-/m0/s1. The first kappa shape index (κ1) is 15.7. The van der Waals surface area contributed by atoms with Crippen molar-refractivity contribution in [1.29, 1.82) is 0 Å². The van der Waals surface area contributed by atoms with Crippen LogP contribution in [-0.2, 0) is 6.18 Å². The van der Waals surface area contributed by atoms with E-state index in [9.17, 15) is 13.2 Å². The van der Waals surface area contributed by atoms with Gasteiger partial charge in [0.05, 0.1) is 22.8 Å². The van der Waals surface area contributed by atoms with Crippen molar-refractivity contribution in [2.24, 2.45) is 5.73 Å². The molecule has 0 spiro atoms. The Morgan fingerprint density at radius 1 is 1.09 bits per heavy atom. The second kappa shape index (κ2) is 5.79. The minimum atomic E-state index is -4.52. The summed E-state index contributed by atoms with van der Waals surface area (Å²) in [6.45, 7) is 0. The van der Waals surface area contributed by atoms with Crippen molar-refractivity contribution in [2.75, 3.05) is 0 Å². The summed E-state index contributed by atoms with van der Waals surface area (Å²) in [7, 11) is 0. The Morgan fingerprint density at radius 2 is 1.87 bits per heavy atom. The second-order valence-electron chi connectivity index (χ2n) is 4.99. The number of hydrogen-bond acceptors (Lipinski definition) is 3. The summed E-state index contributed by atoms with van der Waals surface area (Å²) in [6, 6.07) is 7.97. The van der Waals surface area contributed by atoms with Gasteiger partial charge in [-0.1, -0.05) is 17.7 Å². The van der Waals surface area contributed by atoms with Gasteiger partial charge < -0.3 is 5.73 Å². The molecule has 0 radical (unpaired) electrons. The van der Waals surface area contributed by atoms with E-state index in [0.717, 1.165) is 6.07 Å². The zero-order valence-corrected chi connectivity index (χ0v) is 12.4. The van der Waals surface area contributed by atoms with Crippen molar-refractivity contribution < 1.29 is 13.2 Å². The molecule has 7 heteroatoms. The van der Waals surface area contributed by atoms with E-state index in [1.807, 2.05) is 0 Å². The van der Waals surface area contributed by atoms with Gasteiger partial charge in [0.15, 0.2) is 0 Å². The van der Waals surface area contributed by atoms with Gasteiger partial charge in [0.25, 0.3) is 0 Å². The highest BCUT2D eigenvalue weighted by molar-refractivity contribution is 6.35. The monoisotopic (exact) mass is 337 g/mol. The summed E-state index contributed by atoms with van der Waals surface area (Å²) in [5, 5.41) is 1.09. The minimum absolute atomic E-state index is 0.242. The fourth-order valence-electron chi connectivity index (χ4n) is 2.36. The van der Waals surface area contributed by atoms with Crippen LogP contribution < -0.4 is 5.73 Å². The molecule has 1 aromatic carbocycles. The maximum Gasteiger partial charge on any atom is 0.418 e. The van der Waals surface area contributed by atoms with E-state index < -0.39 is 17.8 Å². The van der Waals surface area contributed by atoms with E-state index in [1.54, 1.807) is 24.3 Å². The van der Waals surface area contributed by atoms with Crippen molar-refractivity contribution in [3.05, 3.63) is 70.6 Å². The molecule has 0 fully saturated rings. The number of fused-ring (bicyclic) bond motifs is 1. The number of rotatable bonds is 2. The molecular formula is C16H11ClF3N3. The molecule has 3 nitrogen and oxygen atoms in total. The third kappa shape index (κ3) is 3.00. The van der Waals surface area contributed by atoms with E-state index in [1.165, 1.54) is 18.5 Å². The van der Waals surface area contributed by atoms with Gasteiger partial charge in [-0.05, 0) is 35.9 Å². The zero-order valence-electron chi connectivity index (χ0n) is 11.7. The molecule has 3 rings (SSSR count). The van der Waals surface area contributed by atoms with Gasteiger partial charge in [-0.3, -0.25) is 9.97 Å². The quantitative estimate of drug-likeness (QED) is 0.756. The van der Waals surface area contributed by atoms with Gasteiger partial charge in [0.1, 0.15) is 0 Å². The number of hydrogen-bond donors (Lipinski definition) is 1. The predicted octanol–water partition coefficient (Wildman–Crippen LogP) is 4.35. The molecule has 0 amide bonds. The molecule has 0 aliphatic heterocycles. The van der Waals surface area contributed by atoms with E-state index in [0.29, 0.717) is 21.5 Å². The number of halogens is 4. The Labute approximate surface area is 134 Å². The van der Waals surface area contributed by atoms with Crippen LogP contribution in [0.3, 0.4) is 0 Å². The highest BCUT2D eigenvalue weighted by Crippen LogP contribution is 2.35. The molecule has 23 heavy (non-hydrogen) atoms. The number of nitrogens with two attached hydrogens (primary N) is 1. The topological polar surface area (TPSA) is 51.8 Å². The van der Waals surface area contributed by atoms with Crippen LogP contribution in [0.5, 0.6) is 0 Å². The average Bonchev–Trinajstić information content (AvgIpc) is 2.53. The lowest BCUT2D eigenvalue weighted by atomic mass is 10.00. The normalized spacial score (nSPS) is 13.3. The molecule has 0 unspecified atom stereocenters. The molecule has 0 aliphatic carbocycles. The average molecular weight is 338 g/mol. The summed E-state index contributed by atoms with van der Waals surface area (Å²) in [5.41, 5.74) is 5.97. The Morgan fingerprint density at radius 3 is 2.61 bits per heavy atom. The number of pyridine rings is 2. The summed E-state index contributed by atoms with van der Waals surface area (Å²) in [5.74, 6) is 0. The predicted molar refractivity (Wildman–Crippen MR) is 82.0 cm³/mol. The van der Waals surface area contributed by atoms with Crippen LogP contribution in [0.1, 0.15) is 22.9 Å². The van der Waals surface area contributed by atoms with E-state index >= 15 is 0 Å². The SMILES string of the molecule is N[C@@H](c1cnc2cccc(Cl)c2c1)c1ncccc1C(F)(F)F. The van der Waals surface area contributed by atoms with E-state index in [-0.39, 0.29) is 5.69 Å².